The van der Waals surface area contributed by atoms with Crippen LogP contribution in [0.15, 0.2) is 64.9 Å². The number of aromatic nitrogens is 1. The Morgan fingerprint density at radius 3 is 2.37 bits per heavy atom. The van der Waals surface area contributed by atoms with Crippen molar-refractivity contribution in [2.45, 2.75) is 23.5 Å². The van der Waals surface area contributed by atoms with Gasteiger partial charge in [0.1, 0.15) is 0 Å². The minimum absolute atomic E-state index is 0.178. The smallest absolute Gasteiger partial charge is 0.261 e. The molecule has 2 aromatic carbocycles. The van der Waals surface area contributed by atoms with E-state index in [0.29, 0.717) is 22.7 Å². The standard InChI is InChI=1S/C22H19N3O3S2/c26-19(11-6-12-25-20(27)17-9-4-5-10-18(17)21(25)28)24-22-23-15(14-30-22)13-29-16-7-2-1-3-8-16/h1-5,7-10,14H,6,11-13H2,(H,23,24,26). The van der Waals surface area contributed by atoms with Crippen molar-refractivity contribution >= 4 is 46.0 Å². The molecule has 0 unspecified atom stereocenters. The summed E-state index contributed by atoms with van der Waals surface area (Å²) in [5, 5.41) is 5.29. The molecule has 8 heteroatoms. The quantitative estimate of drug-likeness (QED) is 0.416. The van der Waals surface area contributed by atoms with Crippen molar-refractivity contribution in [2.75, 3.05) is 11.9 Å². The number of fused-ring (bicyclic) bond motifs is 1. The Hall–Kier alpha value is -2.97. The lowest BCUT2D eigenvalue weighted by Gasteiger charge is -2.13. The van der Waals surface area contributed by atoms with Gasteiger partial charge in [-0.3, -0.25) is 19.3 Å². The van der Waals surface area contributed by atoms with Crippen LogP contribution < -0.4 is 5.32 Å². The lowest BCUT2D eigenvalue weighted by molar-refractivity contribution is -0.116. The minimum atomic E-state index is -0.295. The number of rotatable bonds is 8. The van der Waals surface area contributed by atoms with E-state index in [9.17, 15) is 14.4 Å². The fourth-order valence-electron chi connectivity index (χ4n) is 3.13. The maximum Gasteiger partial charge on any atom is 0.261 e. The molecule has 152 valence electrons. The average Bonchev–Trinajstić information content (AvgIpc) is 3.31. The number of hydrogen-bond donors (Lipinski definition) is 1. The van der Waals surface area contributed by atoms with Gasteiger partial charge in [-0.2, -0.15) is 0 Å². The molecular formula is C22H19N3O3S2. The molecule has 0 saturated heterocycles. The summed E-state index contributed by atoms with van der Waals surface area (Å²) in [4.78, 5) is 43.7. The molecule has 3 aromatic rings. The maximum absolute atomic E-state index is 12.3. The van der Waals surface area contributed by atoms with E-state index in [4.69, 9.17) is 0 Å². The molecule has 0 aliphatic carbocycles. The third-order valence-electron chi connectivity index (χ3n) is 4.59. The SMILES string of the molecule is O=C(CCCN1C(=O)c2ccccc2C1=O)Nc1nc(CSc2ccccc2)cs1. The Bertz CT molecular complexity index is 1050. The summed E-state index contributed by atoms with van der Waals surface area (Å²) < 4.78 is 0. The van der Waals surface area contributed by atoms with Gasteiger partial charge in [-0.25, -0.2) is 4.98 Å². The van der Waals surface area contributed by atoms with Crippen LogP contribution >= 0.6 is 23.1 Å². The number of hydrogen-bond acceptors (Lipinski definition) is 6. The number of carbonyl (C=O) groups is 3. The van der Waals surface area contributed by atoms with E-state index in [1.165, 1.54) is 21.1 Å². The highest BCUT2D eigenvalue weighted by Gasteiger charge is 2.34. The van der Waals surface area contributed by atoms with Crippen LogP contribution in [0.5, 0.6) is 0 Å². The van der Waals surface area contributed by atoms with Gasteiger partial charge < -0.3 is 5.32 Å². The van der Waals surface area contributed by atoms with Crippen molar-refractivity contribution in [3.8, 4) is 0 Å². The maximum atomic E-state index is 12.3. The molecule has 1 aliphatic heterocycles. The van der Waals surface area contributed by atoms with Crippen molar-refractivity contribution in [2.24, 2.45) is 0 Å². The fraction of sp³-hybridized carbons (Fsp3) is 0.182. The van der Waals surface area contributed by atoms with E-state index in [2.05, 4.69) is 10.3 Å². The number of thiazole rings is 1. The van der Waals surface area contributed by atoms with Crippen molar-refractivity contribution in [1.82, 2.24) is 9.88 Å². The highest BCUT2D eigenvalue weighted by Crippen LogP contribution is 2.25. The second-order valence-electron chi connectivity index (χ2n) is 6.70. The number of anilines is 1. The van der Waals surface area contributed by atoms with Gasteiger partial charge in [-0.1, -0.05) is 30.3 Å². The summed E-state index contributed by atoms with van der Waals surface area (Å²) in [6.45, 7) is 0.219. The van der Waals surface area contributed by atoms with Gasteiger partial charge in [-0.15, -0.1) is 23.1 Å². The first-order valence-corrected chi connectivity index (χ1v) is 11.4. The first-order chi connectivity index (χ1) is 14.6. The second-order valence-corrected chi connectivity index (χ2v) is 8.61. The van der Waals surface area contributed by atoms with Crippen LogP contribution in [0.4, 0.5) is 5.13 Å². The number of carbonyl (C=O) groups excluding carboxylic acids is 3. The van der Waals surface area contributed by atoms with Gasteiger partial charge in [0.05, 0.1) is 16.8 Å². The van der Waals surface area contributed by atoms with Crippen molar-refractivity contribution < 1.29 is 14.4 Å². The van der Waals surface area contributed by atoms with Gasteiger partial charge in [0.15, 0.2) is 5.13 Å². The molecule has 1 N–H and O–H groups in total. The summed E-state index contributed by atoms with van der Waals surface area (Å²) in [7, 11) is 0. The van der Waals surface area contributed by atoms with E-state index in [1.807, 2.05) is 35.7 Å². The molecule has 2 heterocycles. The largest absolute Gasteiger partial charge is 0.302 e. The molecule has 0 saturated carbocycles. The fourth-order valence-corrected chi connectivity index (χ4v) is 4.77. The van der Waals surface area contributed by atoms with Crippen LogP contribution in [-0.4, -0.2) is 34.2 Å². The summed E-state index contributed by atoms with van der Waals surface area (Å²) in [6, 6.07) is 16.9. The Morgan fingerprint density at radius 1 is 1.00 bits per heavy atom. The minimum Gasteiger partial charge on any atom is -0.302 e. The molecule has 0 fully saturated rings. The molecular weight excluding hydrogens is 418 g/mol. The van der Waals surface area contributed by atoms with E-state index < -0.39 is 0 Å². The molecule has 6 nitrogen and oxygen atoms in total. The molecule has 1 aliphatic rings. The van der Waals surface area contributed by atoms with Crippen LogP contribution in [0.2, 0.25) is 0 Å². The molecule has 30 heavy (non-hydrogen) atoms. The van der Waals surface area contributed by atoms with Gasteiger partial charge >= 0.3 is 0 Å². The van der Waals surface area contributed by atoms with Gasteiger partial charge in [0.2, 0.25) is 5.91 Å². The lowest BCUT2D eigenvalue weighted by Crippen LogP contribution is -2.31. The topological polar surface area (TPSA) is 79.4 Å². The van der Waals surface area contributed by atoms with Crippen LogP contribution in [0.25, 0.3) is 0 Å². The third kappa shape index (κ3) is 4.60. The van der Waals surface area contributed by atoms with Crippen LogP contribution in [0.3, 0.4) is 0 Å². The Balaban J connectivity index is 1.23. The monoisotopic (exact) mass is 437 g/mol. The van der Waals surface area contributed by atoms with Gasteiger partial charge in [0.25, 0.3) is 11.8 Å². The van der Waals surface area contributed by atoms with Crippen LogP contribution in [0, 0.1) is 0 Å². The van der Waals surface area contributed by atoms with Crippen LogP contribution in [-0.2, 0) is 10.5 Å². The van der Waals surface area contributed by atoms with E-state index in [1.54, 1.807) is 36.0 Å². The molecule has 3 amide bonds. The molecule has 0 bridgehead atoms. The highest BCUT2D eigenvalue weighted by molar-refractivity contribution is 7.98. The van der Waals surface area contributed by atoms with Crippen LogP contribution in [0.1, 0.15) is 39.3 Å². The number of thioether (sulfide) groups is 1. The first-order valence-electron chi connectivity index (χ1n) is 9.49. The second kappa shape index (κ2) is 9.23. The number of benzene rings is 2. The number of nitrogens with one attached hydrogen (secondary N) is 1. The zero-order valence-corrected chi connectivity index (χ0v) is 17.7. The number of amides is 3. The number of nitrogens with zero attached hydrogens (tertiary/aromatic N) is 2. The van der Waals surface area contributed by atoms with Gasteiger partial charge in [0, 0.05) is 29.0 Å². The predicted molar refractivity (Wildman–Crippen MR) is 118 cm³/mol. The Labute approximate surface area is 182 Å². The first kappa shape index (κ1) is 20.3. The average molecular weight is 438 g/mol. The summed E-state index contributed by atoms with van der Waals surface area (Å²) in [5.74, 6) is -0.0351. The molecule has 0 atom stereocenters. The summed E-state index contributed by atoms with van der Waals surface area (Å²) in [5.41, 5.74) is 1.77. The molecule has 1 aromatic heterocycles. The van der Waals surface area contributed by atoms with Crippen molar-refractivity contribution in [3.63, 3.8) is 0 Å². The number of imide groups is 1. The lowest BCUT2D eigenvalue weighted by atomic mass is 10.1. The highest BCUT2D eigenvalue weighted by atomic mass is 32.2. The third-order valence-corrected chi connectivity index (χ3v) is 6.44. The molecule has 4 rings (SSSR count). The van der Waals surface area contributed by atoms with Crippen molar-refractivity contribution in [1.29, 1.82) is 0 Å². The summed E-state index contributed by atoms with van der Waals surface area (Å²) >= 11 is 3.08. The zero-order chi connectivity index (χ0) is 20.9. The van der Waals surface area contributed by atoms with Gasteiger partial charge in [-0.05, 0) is 30.7 Å². The molecule has 0 spiro atoms. The Morgan fingerprint density at radius 2 is 1.67 bits per heavy atom. The van der Waals surface area contributed by atoms with E-state index >= 15 is 0 Å². The van der Waals surface area contributed by atoms with E-state index in [-0.39, 0.29) is 30.7 Å². The van der Waals surface area contributed by atoms with E-state index in [0.717, 1.165) is 11.4 Å². The summed E-state index contributed by atoms with van der Waals surface area (Å²) in [6.07, 6.45) is 0.612. The Kier molecular flexibility index (Phi) is 6.25. The molecule has 0 radical (unpaired) electrons. The normalized spacial score (nSPS) is 12.9. The predicted octanol–water partition coefficient (Wildman–Crippen LogP) is 4.45. The zero-order valence-electron chi connectivity index (χ0n) is 16.0. The van der Waals surface area contributed by atoms with Crippen molar-refractivity contribution in [3.05, 3.63) is 76.8 Å².